The fourth-order valence-corrected chi connectivity index (χ4v) is 2.45. The number of carbonyl (C=O) groups is 1. The highest BCUT2D eigenvalue weighted by atomic mass is 19.1. The van der Waals surface area contributed by atoms with Crippen molar-refractivity contribution in [3.63, 3.8) is 0 Å². The van der Waals surface area contributed by atoms with Crippen molar-refractivity contribution in [1.29, 1.82) is 0 Å². The van der Waals surface area contributed by atoms with E-state index in [1.807, 2.05) is 13.8 Å². The number of nitro groups is 1. The molecular formula is C13H16FN3O4. The lowest BCUT2D eigenvalue weighted by Crippen LogP contribution is -2.48. The average molecular weight is 297 g/mol. The first kappa shape index (κ1) is 15.2. The lowest BCUT2D eigenvalue weighted by atomic mass is 10.1. The number of carbonyl (C=O) groups excluding carboxylic acids is 1. The van der Waals surface area contributed by atoms with Crippen LogP contribution in [0.2, 0.25) is 0 Å². The summed E-state index contributed by atoms with van der Waals surface area (Å²) in [4.78, 5) is 23.9. The molecule has 1 aliphatic heterocycles. The van der Waals surface area contributed by atoms with Crippen molar-refractivity contribution < 1.29 is 18.8 Å². The lowest BCUT2D eigenvalue weighted by molar-refractivity contribution is -0.384. The maximum absolute atomic E-state index is 13.5. The number of hydrogen-bond acceptors (Lipinski definition) is 5. The number of nitrogens with zero attached hydrogens (tertiary/aromatic N) is 2. The first-order valence-corrected chi connectivity index (χ1v) is 6.47. The number of hydrogen-bond donors (Lipinski definition) is 1. The Kier molecular flexibility index (Phi) is 4.08. The van der Waals surface area contributed by atoms with Gasteiger partial charge in [-0.2, -0.15) is 0 Å². The number of nitrogen functional groups attached to an aromatic ring is 1. The van der Waals surface area contributed by atoms with Crippen LogP contribution in [0.3, 0.4) is 0 Å². The van der Waals surface area contributed by atoms with Crippen molar-refractivity contribution in [1.82, 2.24) is 4.90 Å². The van der Waals surface area contributed by atoms with Crippen molar-refractivity contribution in [2.75, 3.05) is 18.8 Å². The van der Waals surface area contributed by atoms with E-state index in [0.717, 1.165) is 6.07 Å². The number of benzene rings is 1. The molecule has 7 nitrogen and oxygen atoms in total. The number of ether oxygens (including phenoxy) is 1. The van der Waals surface area contributed by atoms with Gasteiger partial charge in [0.25, 0.3) is 11.6 Å². The monoisotopic (exact) mass is 297 g/mol. The predicted molar refractivity (Wildman–Crippen MR) is 73.4 cm³/mol. The highest BCUT2D eigenvalue weighted by Gasteiger charge is 2.30. The smallest absolute Gasteiger partial charge is 0.295 e. The number of amides is 1. The fourth-order valence-electron chi connectivity index (χ4n) is 2.45. The third kappa shape index (κ3) is 3.10. The van der Waals surface area contributed by atoms with E-state index in [4.69, 9.17) is 10.5 Å². The van der Waals surface area contributed by atoms with Gasteiger partial charge in [0.1, 0.15) is 11.5 Å². The third-order valence-electron chi connectivity index (χ3n) is 3.26. The van der Waals surface area contributed by atoms with E-state index in [1.54, 1.807) is 0 Å². The summed E-state index contributed by atoms with van der Waals surface area (Å²) in [6.07, 6.45) is -0.329. The molecule has 2 atom stereocenters. The van der Waals surface area contributed by atoms with Crippen LogP contribution in [0.25, 0.3) is 0 Å². The van der Waals surface area contributed by atoms with Gasteiger partial charge in [0.2, 0.25) is 0 Å². The quantitative estimate of drug-likeness (QED) is 0.507. The van der Waals surface area contributed by atoms with Crippen LogP contribution in [-0.2, 0) is 4.74 Å². The number of halogens is 1. The lowest BCUT2D eigenvalue weighted by Gasteiger charge is -2.35. The Balaban J connectivity index is 2.37. The van der Waals surface area contributed by atoms with E-state index < -0.39 is 22.3 Å². The molecule has 1 saturated heterocycles. The van der Waals surface area contributed by atoms with E-state index in [9.17, 15) is 19.3 Å². The summed E-state index contributed by atoms with van der Waals surface area (Å²) >= 11 is 0. The Morgan fingerprint density at radius 2 is 2.00 bits per heavy atom. The van der Waals surface area contributed by atoms with Gasteiger partial charge in [-0.05, 0) is 19.9 Å². The second-order valence-electron chi connectivity index (χ2n) is 5.11. The van der Waals surface area contributed by atoms with Crippen LogP contribution >= 0.6 is 0 Å². The van der Waals surface area contributed by atoms with Crippen molar-refractivity contribution in [3.8, 4) is 0 Å². The van der Waals surface area contributed by atoms with Gasteiger partial charge in [-0.3, -0.25) is 14.9 Å². The standard InChI is InChI=1S/C13H16FN3O4/c1-7-5-16(6-8(2)21-7)13(18)10-3-9(14)4-11(12(10)15)17(19)20/h3-4,7-8H,5-6,15H2,1-2H3/t7-,8+. The van der Waals surface area contributed by atoms with Gasteiger partial charge in [0, 0.05) is 13.1 Å². The highest BCUT2D eigenvalue weighted by molar-refractivity contribution is 6.01. The van der Waals surface area contributed by atoms with Gasteiger partial charge in [0.15, 0.2) is 0 Å². The van der Waals surface area contributed by atoms with Crippen LogP contribution in [-0.4, -0.2) is 41.0 Å². The van der Waals surface area contributed by atoms with Crippen LogP contribution in [0.4, 0.5) is 15.8 Å². The van der Waals surface area contributed by atoms with E-state index in [0.29, 0.717) is 19.2 Å². The van der Waals surface area contributed by atoms with Gasteiger partial charge in [-0.1, -0.05) is 0 Å². The van der Waals surface area contributed by atoms with E-state index in [1.165, 1.54) is 4.90 Å². The Morgan fingerprint density at radius 3 is 2.52 bits per heavy atom. The minimum absolute atomic E-state index is 0.164. The Hall–Kier alpha value is -2.22. The number of rotatable bonds is 2. The summed E-state index contributed by atoms with van der Waals surface area (Å²) in [5.41, 5.74) is 4.53. The highest BCUT2D eigenvalue weighted by Crippen LogP contribution is 2.28. The summed E-state index contributed by atoms with van der Waals surface area (Å²) < 4.78 is 19.0. The first-order valence-electron chi connectivity index (χ1n) is 6.47. The minimum atomic E-state index is -0.867. The molecule has 0 aliphatic carbocycles. The van der Waals surface area contributed by atoms with Crippen LogP contribution in [0.5, 0.6) is 0 Å². The van der Waals surface area contributed by atoms with E-state index in [-0.39, 0.29) is 23.5 Å². The average Bonchev–Trinajstić information content (AvgIpc) is 2.38. The van der Waals surface area contributed by atoms with Gasteiger partial charge in [-0.15, -0.1) is 0 Å². The zero-order valence-corrected chi connectivity index (χ0v) is 11.7. The number of anilines is 1. The second kappa shape index (κ2) is 5.65. The number of morpholine rings is 1. The molecule has 0 bridgehead atoms. The summed E-state index contributed by atoms with van der Waals surface area (Å²) in [7, 11) is 0. The van der Waals surface area contributed by atoms with Crippen LogP contribution in [0.15, 0.2) is 12.1 Å². The molecule has 0 aromatic heterocycles. The molecule has 1 aromatic rings. The summed E-state index contributed by atoms with van der Waals surface area (Å²) in [5.74, 6) is -1.40. The first-order chi connectivity index (χ1) is 9.79. The van der Waals surface area contributed by atoms with Crippen molar-refractivity contribution in [2.45, 2.75) is 26.1 Å². The van der Waals surface area contributed by atoms with Crippen molar-refractivity contribution >= 4 is 17.3 Å². The summed E-state index contributed by atoms with van der Waals surface area (Å²) in [6, 6.07) is 1.63. The molecule has 0 spiro atoms. The molecule has 0 radical (unpaired) electrons. The van der Waals surface area contributed by atoms with E-state index >= 15 is 0 Å². The summed E-state index contributed by atoms with van der Waals surface area (Å²) in [6.45, 7) is 4.28. The second-order valence-corrected chi connectivity index (χ2v) is 5.11. The SMILES string of the molecule is C[C@@H]1CN(C(=O)c2cc(F)cc([N+](=O)[O-])c2N)C[C@H](C)O1. The molecular weight excluding hydrogens is 281 g/mol. The largest absolute Gasteiger partial charge is 0.393 e. The molecule has 2 N–H and O–H groups in total. The predicted octanol–water partition coefficient (Wildman–Crippen LogP) is 1.57. The molecule has 2 rings (SSSR count). The Bertz CT molecular complexity index is 583. The van der Waals surface area contributed by atoms with Crippen LogP contribution in [0.1, 0.15) is 24.2 Å². The van der Waals surface area contributed by atoms with E-state index in [2.05, 4.69) is 0 Å². The maximum Gasteiger partial charge on any atom is 0.295 e. The van der Waals surface area contributed by atoms with Crippen LogP contribution in [0, 0.1) is 15.9 Å². The molecule has 21 heavy (non-hydrogen) atoms. The van der Waals surface area contributed by atoms with Crippen molar-refractivity contribution in [3.05, 3.63) is 33.6 Å². The Labute approximate surface area is 120 Å². The van der Waals surface area contributed by atoms with Gasteiger partial charge in [0.05, 0.1) is 28.8 Å². The molecule has 8 heteroatoms. The molecule has 0 unspecified atom stereocenters. The molecule has 0 saturated carbocycles. The molecule has 1 heterocycles. The molecule has 1 aliphatic rings. The number of nitrogens with two attached hydrogens (primary N) is 1. The third-order valence-corrected chi connectivity index (χ3v) is 3.26. The van der Waals surface area contributed by atoms with Gasteiger partial charge >= 0.3 is 0 Å². The minimum Gasteiger partial charge on any atom is -0.393 e. The molecule has 1 fully saturated rings. The molecule has 114 valence electrons. The van der Waals surface area contributed by atoms with Crippen LogP contribution < -0.4 is 5.73 Å². The zero-order valence-electron chi connectivity index (χ0n) is 11.7. The molecule has 1 amide bonds. The van der Waals surface area contributed by atoms with Gasteiger partial charge in [-0.25, -0.2) is 4.39 Å². The Morgan fingerprint density at radius 1 is 1.43 bits per heavy atom. The zero-order chi connectivity index (χ0) is 15.7. The maximum atomic E-state index is 13.5. The number of nitro benzene ring substituents is 1. The molecule has 1 aromatic carbocycles. The van der Waals surface area contributed by atoms with Crippen molar-refractivity contribution in [2.24, 2.45) is 0 Å². The van der Waals surface area contributed by atoms with Gasteiger partial charge < -0.3 is 15.4 Å². The summed E-state index contributed by atoms with van der Waals surface area (Å²) in [5, 5.41) is 10.8. The fraction of sp³-hybridized carbons (Fsp3) is 0.462. The normalized spacial score (nSPS) is 22.1. The topological polar surface area (TPSA) is 98.7 Å².